The van der Waals surface area contributed by atoms with Crippen LogP contribution in [0.15, 0.2) is 36.7 Å². The fourth-order valence-electron chi connectivity index (χ4n) is 1.70. The van der Waals surface area contributed by atoms with Gasteiger partial charge in [0.1, 0.15) is 0 Å². The Morgan fingerprint density at radius 3 is 1.62 bits per heavy atom. The predicted molar refractivity (Wildman–Crippen MR) is 66.2 cm³/mol. The quantitative estimate of drug-likeness (QED) is 0.780. The lowest BCUT2D eigenvalue weighted by atomic mass is 10.1. The van der Waals surface area contributed by atoms with E-state index >= 15 is 0 Å². The molecule has 0 atom stereocenters. The van der Waals surface area contributed by atoms with Gasteiger partial charge in [0.2, 0.25) is 0 Å². The van der Waals surface area contributed by atoms with Crippen molar-refractivity contribution in [3.63, 3.8) is 0 Å². The third-order valence-electron chi connectivity index (χ3n) is 2.69. The summed E-state index contributed by atoms with van der Waals surface area (Å²) in [4.78, 5) is 8.62. The molecule has 0 spiro atoms. The zero-order valence-corrected chi connectivity index (χ0v) is 9.77. The third-order valence-corrected chi connectivity index (χ3v) is 2.69. The largest absolute Gasteiger partial charge is 0.261 e. The van der Waals surface area contributed by atoms with Crippen LogP contribution in [0.2, 0.25) is 0 Å². The molecule has 2 aromatic heterocycles. The van der Waals surface area contributed by atoms with Gasteiger partial charge in [-0.05, 0) is 48.2 Å². The van der Waals surface area contributed by atoms with E-state index in [1.165, 1.54) is 11.1 Å². The molecule has 82 valence electrons. The molecule has 0 fully saturated rings. The summed E-state index contributed by atoms with van der Waals surface area (Å²) in [5.41, 5.74) is 4.72. The maximum absolute atomic E-state index is 4.31. The lowest BCUT2D eigenvalue weighted by Crippen LogP contribution is -1.90. The summed E-state index contributed by atoms with van der Waals surface area (Å²) in [5.74, 6) is 0. The third kappa shape index (κ3) is 2.27. The van der Waals surface area contributed by atoms with Gasteiger partial charge < -0.3 is 0 Å². The molecule has 0 unspecified atom stereocenters. The van der Waals surface area contributed by atoms with Gasteiger partial charge >= 0.3 is 0 Å². The molecule has 0 radical (unpaired) electrons. The first-order valence-electron chi connectivity index (χ1n) is 5.73. The molecule has 2 nitrogen and oxygen atoms in total. The van der Waals surface area contributed by atoms with E-state index in [-0.39, 0.29) is 0 Å². The average molecular weight is 212 g/mol. The lowest BCUT2D eigenvalue weighted by molar-refractivity contribution is 1.03. The first-order valence-corrected chi connectivity index (χ1v) is 5.73. The summed E-state index contributed by atoms with van der Waals surface area (Å²) in [6.45, 7) is 4.24. The van der Waals surface area contributed by atoms with Crippen molar-refractivity contribution < 1.29 is 0 Å². The first-order chi connectivity index (χ1) is 7.83. The second kappa shape index (κ2) is 4.88. The number of nitrogens with zero attached hydrogens (tertiary/aromatic N) is 2. The van der Waals surface area contributed by atoms with Crippen molar-refractivity contribution in [1.29, 1.82) is 0 Å². The summed E-state index contributed by atoms with van der Waals surface area (Å²) in [7, 11) is 0. The van der Waals surface area contributed by atoms with Crippen molar-refractivity contribution in [3.8, 4) is 11.1 Å². The monoisotopic (exact) mass is 212 g/mol. The van der Waals surface area contributed by atoms with Gasteiger partial charge in [0.05, 0.1) is 0 Å². The Balaban J connectivity index is 2.41. The van der Waals surface area contributed by atoms with Crippen molar-refractivity contribution in [2.24, 2.45) is 0 Å². The molecule has 2 rings (SSSR count). The topological polar surface area (TPSA) is 25.8 Å². The Labute approximate surface area is 96.4 Å². The number of hydrogen-bond donors (Lipinski definition) is 0. The highest BCUT2D eigenvalue weighted by molar-refractivity contribution is 5.63. The molecule has 0 saturated heterocycles. The van der Waals surface area contributed by atoms with Gasteiger partial charge in [-0.3, -0.25) is 9.97 Å². The zero-order chi connectivity index (χ0) is 11.4. The van der Waals surface area contributed by atoms with Gasteiger partial charge in [-0.2, -0.15) is 0 Å². The maximum atomic E-state index is 4.31. The molecule has 0 aliphatic carbocycles. The maximum Gasteiger partial charge on any atom is 0.0407 e. The molecule has 2 aromatic rings. The van der Waals surface area contributed by atoms with E-state index in [9.17, 15) is 0 Å². The Hall–Kier alpha value is -1.70. The van der Waals surface area contributed by atoms with Crippen LogP contribution in [0.4, 0.5) is 0 Å². The SMILES string of the molecule is CCc1cc(-c2ccnc(CC)c2)ccn1. The molecule has 0 aromatic carbocycles. The molecule has 16 heavy (non-hydrogen) atoms. The Kier molecular flexibility index (Phi) is 3.30. The molecule has 0 aliphatic heterocycles. The van der Waals surface area contributed by atoms with E-state index in [1.807, 2.05) is 24.5 Å². The number of aryl methyl sites for hydroxylation is 2. The Bertz CT molecular complexity index is 432. The van der Waals surface area contributed by atoms with E-state index < -0.39 is 0 Å². The smallest absolute Gasteiger partial charge is 0.0407 e. The Morgan fingerprint density at radius 1 is 0.812 bits per heavy atom. The summed E-state index contributed by atoms with van der Waals surface area (Å²) in [6.07, 6.45) is 5.69. The molecule has 0 N–H and O–H groups in total. The van der Waals surface area contributed by atoms with Crippen LogP contribution in [0.3, 0.4) is 0 Å². The van der Waals surface area contributed by atoms with Crippen LogP contribution >= 0.6 is 0 Å². The van der Waals surface area contributed by atoms with Crippen LogP contribution < -0.4 is 0 Å². The zero-order valence-electron chi connectivity index (χ0n) is 9.77. The minimum atomic E-state index is 0.972. The predicted octanol–water partition coefficient (Wildman–Crippen LogP) is 3.27. The summed E-state index contributed by atoms with van der Waals surface area (Å²) >= 11 is 0. The minimum absolute atomic E-state index is 0.972. The molecular formula is C14H16N2. The fourth-order valence-corrected chi connectivity index (χ4v) is 1.70. The van der Waals surface area contributed by atoms with Gasteiger partial charge in [-0.1, -0.05) is 13.8 Å². The number of rotatable bonds is 3. The van der Waals surface area contributed by atoms with Gasteiger partial charge in [0.15, 0.2) is 0 Å². The van der Waals surface area contributed by atoms with E-state index in [1.54, 1.807) is 0 Å². The first kappa shape index (κ1) is 10.8. The highest BCUT2D eigenvalue weighted by Gasteiger charge is 2.00. The summed E-state index contributed by atoms with van der Waals surface area (Å²) in [6, 6.07) is 8.39. The number of pyridine rings is 2. The lowest BCUT2D eigenvalue weighted by Gasteiger charge is -2.04. The standard InChI is InChI=1S/C14H16N2/c1-3-13-9-11(5-7-15-13)12-6-8-16-14(4-2)10-12/h5-10H,3-4H2,1-2H3. The van der Waals surface area contributed by atoms with Crippen LogP contribution in [-0.4, -0.2) is 9.97 Å². The van der Waals surface area contributed by atoms with Crippen molar-refractivity contribution in [2.75, 3.05) is 0 Å². The van der Waals surface area contributed by atoms with Crippen LogP contribution in [0.25, 0.3) is 11.1 Å². The van der Waals surface area contributed by atoms with Crippen molar-refractivity contribution in [1.82, 2.24) is 9.97 Å². The Morgan fingerprint density at radius 2 is 1.25 bits per heavy atom. The van der Waals surface area contributed by atoms with Gasteiger partial charge in [0.25, 0.3) is 0 Å². The fraction of sp³-hybridized carbons (Fsp3) is 0.286. The van der Waals surface area contributed by atoms with E-state index in [0.29, 0.717) is 0 Å². The molecule has 2 heterocycles. The van der Waals surface area contributed by atoms with Crippen molar-refractivity contribution >= 4 is 0 Å². The minimum Gasteiger partial charge on any atom is -0.261 e. The van der Waals surface area contributed by atoms with Crippen LogP contribution in [-0.2, 0) is 12.8 Å². The van der Waals surface area contributed by atoms with Crippen LogP contribution in [0, 0.1) is 0 Å². The van der Waals surface area contributed by atoms with E-state index in [0.717, 1.165) is 24.2 Å². The van der Waals surface area contributed by atoms with Crippen LogP contribution in [0.5, 0.6) is 0 Å². The normalized spacial score (nSPS) is 10.4. The van der Waals surface area contributed by atoms with E-state index in [4.69, 9.17) is 0 Å². The number of aromatic nitrogens is 2. The van der Waals surface area contributed by atoms with Gasteiger partial charge in [-0.25, -0.2) is 0 Å². The van der Waals surface area contributed by atoms with E-state index in [2.05, 4.69) is 35.9 Å². The highest BCUT2D eigenvalue weighted by Crippen LogP contribution is 2.19. The highest BCUT2D eigenvalue weighted by atomic mass is 14.7. The second-order valence-electron chi connectivity index (χ2n) is 3.78. The molecule has 0 saturated carbocycles. The molecule has 2 heteroatoms. The number of hydrogen-bond acceptors (Lipinski definition) is 2. The average Bonchev–Trinajstić information content (AvgIpc) is 2.39. The van der Waals surface area contributed by atoms with Gasteiger partial charge in [0, 0.05) is 23.8 Å². The second-order valence-corrected chi connectivity index (χ2v) is 3.78. The van der Waals surface area contributed by atoms with Gasteiger partial charge in [-0.15, -0.1) is 0 Å². The summed E-state index contributed by atoms with van der Waals surface area (Å²) in [5, 5.41) is 0. The van der Waals surface area contributed by atoms with Crippen molar-refractivity contribution in [2.45, 2.75) is 26.7 Å². The summed E-state index contributed by atoms with van der Waals surface area (Å²) < 4.78 is 0. The molecule has 0 bridgehead atoms. The van der Waals surface area contributed by atoms with Crippen molar-refractivity contribution in [3.05, 3.63) is 48.0 Å². The molecule has 0 amide bonds. The molecular weight excluding hydrogens is 196 g/mol. The molecule has 0 aliphatic rings. The van der Waals surface area contributed by atoms with Crippen LogP contribution in [0.1, 0.15) is 25.2 Å².